The molecule has 0 saturated carbocycles. The fraction of sp³-hybridized carbons (Fsp3) is 0.0500. The lowest BCUT2D eigenvalue weighted by molar-refractivity contribution is 0.0831. The van der Waals surface area contributed by atoms with Gasteiger partial charge in [0.05, 0.1) is 6.26 Å². The van der Waals surface area contributed by atoms with E-state index in [1.54, 1.807) is 42.5 Å². The number of amides is 3. The topological polar surface area (TPSA) is 100 Å². The number of carbonyl (C=O) groups is 3. The van der Waals surface area contributed by atoms with Crippen LogP contribution in [0.5, 0.6) is 0 Å². The van der Waals surface area contributed by atoms with Crippen molar-refractivity contribution in [3.05, 3.63) is 89.4 Å². The second-order valence-electron chi connectivity index (χ2n) is 5.79. The van der Waals surface area contributed by atoms with Crippen molar-refractivity contribution in [2.75, 3.05) is 5.32 Å². The average molecular weight is 363 g/mol. The number of benzene rings is 2. The van der Waals surface area contributed by atoms with E-state index in [0.29, 0.717) is 11.3 Å². The fourth-order valence-corrected chi connectivity index (χ4v) is 2.38. The number of anilines is 1. The van der Waals surface area contributed by atoms with Gasteiger partial charge in [-0.3, -0.25) is 25.2 Å². The molecule has 3 N–H and O–H groups in total. The van der Waals surface area contributed by atoms with Gasteiger partial charge in [-0.2, -0.15) is 0 Å². The van der Waals surface area contributed by atoms with E-state index in [0.717, 1.165) is 5.56 Å². The summed E-state index contributed by atoms with van der Waals surface area (Å²) in [6.07, 6.45) is 1.36. The predicted octanol–water partition coefficient (Wildman–Crippen LogP) is 2.92. The molecule has 0 fully saturated rings. The molecule has 0 aliphatic carbocycles. The third kappa shape index (κ3) is 4.60. The number of hydrogen-bond donors (Lipinski definition) is 3. The van der Waals surface area contributed by atoms with E-state index in [1.807, 2.05) is 13.0 Å². The summed E-state index contributed by atoms with van der Waals surface area (Å²) in [5, 5.41) is 2.75. The van der Waals surface area contributed by atoms with E-state index in [1.165, 1.54) is 18.4 Å². The Morgan fingerprint density at radius 1 is 0.778 bits per heavy atom. The van der Waals surface area contributed by atoms with Crippen molar-refractivity contribution in [1.82, 2.24) is 10.9 Å². The molecule has 0 saturated heterocycles. The summed E-state index contributed by atoms with van der Waals surface area (Å²) in [5.41, 5.74) is 6.79. The molecule has 7 heteroatoms. The SMILES string of the molecule is Cc1cccc(C(=O)Nc2cccc(C(=O)NNC(=O)c3ccco3)c2)c1. The summed E-state index contributed by atoms with van der Waals surface area (Å²) >= 11 is 0. The molecule has 0 spiro atoms. The molecule has 0 radical (unpaired) electrons. The molecule has 3 amide bonds. The molecule has 0 aliphatic heterocycles. The largest absolute Gasteiger partial charge is 0.459 e. The first-order valence-corrected chi connectivity index (χ1v) is 8.15. The summed E-state index contributed by atoms with van der Waals surface area (Å²) in [6.45, 7) is 1.90. The van der Waals surface area contributed by atoms with Crippen LogP contribution in [0.15, 0.2) is 71.3 Å². The van der Waals surface area contributed by atoms with Crippen LogP contribution in [0.4, 0.5) is 5.69 Å². The molecule has 1 heterocycles. The second-order valence-corrected chi connectivity index (χ2v) is 5.79. The molecule has 0 atom stereocenters. The summed E-state index contributed by atoms with van der Waals surface area (Å²) in [5.74, 6) is -1.30. The van der Waals surface area contributed by atoms with Crippen LogP contribution < -0.4 is 16.2 Å². The first kappa shape index (κ1) is 17.9. The molecule has 0 bridgehead atoms. The van der Waals surface area contributed by atoms with Gasteiger partial charge < -0.3 is 9.73 Å². The zero-order chi connectivity index (χ0) is 19.2. The minimum absolute atomic E-state index is 0.0782. The quantitative estimate of drug-likeness (QED) is 0.621. The second kappa shape index (κ2) is 8.01. The van der Waals surface area contributed by atoms with Crippen LogP contribution in [0.1, 0.15) is 36.8 Å². The highest BCUT2D eigenvalue weighted by molar-refractivity contribution is 6.05. The highest BCUT2D eigenvalue weighted by Crippen LogP contribution is 2.13. The van der Waals surface area contributed by atoms with Gasteiger partial charge in [-0.05, 0) is 49.4 Å². The first-order valence-electron chi connectivity index (χ1n) is 8.15. The van der Waals surface area contributed by atoms with Gasteiger partial charge in [-0.1, -0.05) is 23.8 Å². The predicted molar refractivity (Wildman–Crippen MR) is 99.2 cm³/mol. The standard InChI is InChI=1S/C20H17N3O4/c1-13-5-2-6-14(11-13)18(24)21-16-8-3-7-15(12-16)19(25)22-23-20(26)17-9-4-10-27-17/h2-12H,1H3,(H,21,24)(H,22,25)(H,23,26). The summed E-state index contributed by atoms with van der Waals surface area (Å²) < 4.78 is 4.94. The molecule has 0 aliphatic rings. The van der Waals surface area contributed by atoms with E-state index in [4.69, 9.17) is 4.42 Å². The van der Waals surface area contributed by atoms with Crippen LogP contribution >= 0.6 is 0 Å². The number of aryl methyl sites for hydroxylation is 1. The maximum Gasteiger partial charge on any atom is 0.305 e. The van der Waals surface area contributed by atoms with Crippen molar-refractivity contribution in [3.63, 3.8) is 0 Å². The number of carbonyl (C=O) groups excluding carboxylic acids is 3. The Labute approximate surface area is 155 Å². The number of furan rings is 1. The summed E-state index contributed by atoms with van der Waals surface area (Å²) in [6, 6.07) is 16.6. The third-order valence-corrected chi connectivity index (χ3v) is 3.70. The Morgan fingerprint density at radius 3 is 2.19 bits per heavy atom. The van der Waals surface area contributed by atoms with Gasteiger partial charge in [-0.15, -0.1) is 0 Å². The Balaban J connectivity index is 1.63. The van der Waals surface area contributed by atoms with Gasteiger partial charge in [0.1, 0.15) is 0 Å². The van der Waals surface area contributed by atoms with Crippen molar-refractivity contribution < 1.29 is 18.8 Å². The van der Waals surface area contributed by atoms with Crippen LogP contribution in [-0.2, 0) is 0 Å². The van der Waals surface area contributed by atoms with Crippen molar-refractivity contribution in [2.24, 2.45) is 0 Å². The van der Waals surface area contributed by atoms with Gasteiger partial charge in [0.15, 0.2) is 5.76 Å². The van der Waals surface area contributed by atoms with E-state index < -0.39 is 11.8 Å². The zero-order valence-electron chi connectivity index (χ0n) is 14.5. The Hall–Kier alpha value is -3.87. The van der Waals surface area contributed by atoms with Crippen LogP contribution in [0.2, 0.25) is 0 Å². The van der Waals surface area contributed by atoms with Gasteiger partial charge in [0.2, 0.25) is 0 Å². The smallest absolute Gasteiger partial charge is 0.305 e. The minimum Gasteiger partial charge on any atom is -0.459 e. The highest BCUT2D eigenvalue weighted by Gasteiger charge is 2.12. The summed E-state index contributed by atoms with van der Waals surface area (Å²) in [4.78, 5) is 36.3. The molecule has 136 valence electrons. The van der Waals surface area contributed by atoms with Gasteiger partial charge in [-0.25, -0.2) is 0 Å². The van der Waals surface area contributed by atoms with E-state index in [-0.39, 0.29) is 17.2 Å². The molecule has 7 nitrogen and oxygen atoms in total. The third-order valence-electron chi connectivity index (χ3n) is 3.70. The molecule has 3 aromatic rings. The minimum atomic E-state index is -0.572. The van der Waals surface area contributed by atoms with Crippen molar-refractivity contribution >= 4 is 23.4 Å². The molecule has 27 heavy (non-hydrogen) atoms. The van der Waals surface area contributed by atoms with Crippen molar-refractivity contribution in [3.8, 4) is 0 Å². The number of nitrogens with one attached hydrogen (secondary N) is 3. The lowest BCUT2D eigenvalue weighted by Gasteiger charge is -2.09. The van der Waals surface area contributed by atoms with Crippen LogP contribution in [-0.4, -0.2) is 17.7 Å². The maximum atomic E-state index is 12.3. The van der Waals surface area contributed by atoms with Crippen LogP contribution in [0.25, 0.3) is 0 Å². The Kier molecular flexibility index (Phi) is 5.32. The number of rotatable bonds is 4. The number of hydrogen-bond acceptors (Lipinski definition) is 4. The highest BCUT2D eigenvalue weighted by atomic mass is 16.3. The zero-order valence-corrected chi connectivity index (χ0v) is 14.5. The van der Waals surface area contributed by atoms with E-state index in [9.17, 15) is 14.4 Å². The van der Waals surface area contributed by atoms with Crippen LogP contribution in [0.3, 0.4) is 0 Å². The molecule has 0 unspecified atom stereocenters. The molecular weight excluding hydrogens is 346 g/mol. The van der Waals surface area contributed by atoms with Crippen LogP contribution in [0, 0.1) is 6.92 Å². The van der Waals surface area contributed by atoms with E-state index in [2.05, 4.69) is 16.2 Å². The van der Waals surface area contributed by atoms with Gasteiger partial charge >= 0.3 is 5.91 Å². The number of hydrazine groups is 1. The van der Waals surface area contributed by atoms with Gasteiger partial charge in [0.25, 0.3) is 11.8 Å². The molecule has 2 aromatic carbocycles. The maximum absolute atomic E-state index is 12.3. The Morgan fingerprint density at radius 2 is 1.48 bits per heavy atom. The first-order chi connectivity index (χ1) is 13.0. The fourth-order valence-electron chi connectivity index (χ4n) is 2.38. The molecule has 3 rings (SSSR count). The average Bonchev–Trinajstić information content (AvgIpc) is 3.21. The van der Waals surface area contributed by atoms with Gasteiger partial charge in [0, 0.05) is 16.8 Å². The monoisotopic (exact) mass is 363 g/mol. The summed E-state index contributed by atoms with van der Waals surface area (Å²) in [7, 11) is 0. The Bertz CT molecular complexity index is 980. The molecule has 1 aromatic heterocycles. The van der Waals surface area contributed by atoms with Crippen molar-refractivity contribution in [2.45, 2.75) is 6.92 Å². The molecular formula is C20H17N3O4. The lowest BCUT2D eigenvalue weighted by atomic mass is 10.1. The lowest BCUT2D eigenvalue weighted by Crippen LogP contribution is -2.41. The van der Waals surface area contributed by atoms with E-state index >= 15 is 0 Å². The normalized spacial score (nSPS) is 10.1. The van der Waals surface area contributed by atoms with Crippen molar-refractivity contribution in [1.29, 1.82) is 0 Å².